The van der Waals surface area contributed by atoms with Crippen LogP contribution in [0.2, 0.25) is 0 Å². The van der Waals surface area contributed by atoms with Gasteiger partial charge in [-0.05, 0) is 55.5 Å². The van der Waals surface area contributed by atoms with E-state index in [1.807, 2.05) is 19.1 Å². The number of aryl methyl sites for hydroxylation is 1. The number of hydrogen-bond donors (Lipinski definition) is 2. The smallest absolute Gasteiger partial charge is 0.314 e. The summed E-state index contributed by atoms with van der Waals surface area (Å²) in [4.78, 5) is 19.8. The number of benzene rings is 2. The lowest BCUT2D eigenvalue weighted by Crippen LogP contribution is -2.46. The first-order valence-corrected chi connectivity index (χ1v) is 9.62. The Labute approximate surface area is 177 Å². The number of carbonyl (C=O) groups is 1. The van der Waals surface area contributed by atoms with Crippen LogP contribution in [-0.4, -0.2) is 28.6 Å². The highest BCUT2D eigenvalue weighted by Gasteiger charge is 2.35. The number of rotatable bonds is 3. The number of aliphatic imine (C=N–C) groups is 1. The molecule has 2 aromatic heterocycles. The van der Waals surface area contributed by atoms with Crippen LogP contribution >= 0.6 is 0 Å². The molecule has 1 atom stereocenters. The Kier molecular flexibility index (Phi) is 4.26. The molecule has 9 nitrogen and oxygen atoms in total. The van der Waals surface area contributed by atoms with E-state index in [1.54, 1.807) is 48.4 Å². The van der Waals surface area contributed by atoms with Crippen molar-refractivity contribution >= 4 is 39.9 Å². The Morgan fingerprint density at radius 3 is 2.68 bits per heavy atom. The van der Waals surface area contributed by atoms with Gasteiger partial charge in [-0.1, -0.05) is 0 Å². The number of amidine groups is 1. The fraction of sp³-hybridized carbons (Fsp3) is 0.136. The SMILES string of the molecule is COc1ccc(N2C(C(=O)n3nc(C)c4cc(N)ccc43)=Nc3occc3C2N)cc1. The summed E-state index contributed by atoms with van der Waals surface area (Å²) in [6.07, 6.45) is 0.835. The average Bonchev–Trinajstić information content (AvgIpc) is 3.38. The van der Waals surface area contributed by atoms with Crippen LogP contribution in [0.3, 0.4) is 0 Å². The molecule has 0 saturated carbocycles. The Balaban J connectivity index is 1.66. The molecule has 1 aliphatic rings. The molecule has 0 saturated heterocycles. The molecule has 3 heterocycles. The molecule has 0 radical (unpaired) electrons. The fourth-order valence-corrected chi connectivity index (χ4v) is 3.76. The van der Waals surface area contributed by atoms with Crippen molar-refractivity contribution < 1.29 is 13.9 Å². The fourth-order valence-electron chi connectivity index (χ4n) is 3.76. The monoisotopic (exact) mass is 416 g/mol. The lowest BCUT2D eigenvalue weighted by Gasteiger charge is -2.33. The van der Waals surface area contributed by atoms with Crippen molar-refractivity contribution in [2.24, 2.45) is 10.7 Å². The average molecular weight is 416 g/mol. The number of aromatic nitrogens is 2. The van der Waals surface area contributed by atoms with Crippen LogP contribution in [0.1, 0.15) is 22.2 Å². The first-order valence-electron chi connectivity index (χ1n) is 9.62. The second-order valence-electron chi connectivity index (χ2n) is 7.21. The van der Waals surface area contributed by atoms with E-state index in [0.717, 1.165) is 5.39 Å². The maximum atomic E-state index is 13.7. The minimum atomic E-state index is -0.669. The summed E-state index contributed by atoms with van der Waals surface area (Å²) in [6.45, 7) is 1.83. The van der Waals surface area contributed by atoms with E-state index in [1.165, 1.54) is 10.9 Å². The zero-order valence-corrected chi connectivity index (χ0v) is 16.9. The zero-order valence-electron chi connectivity index (χ0n) is 16.9. The molecule has 4 aromatic rings. The summed E-state index contributed by atoms with van der Waals surface area (Å²) in [5, 5.41) is 5.24. The summed E-state index contributed by atoms with van der Waals surface area (Å²) >= 11 is 0. The van der Waals surface area contributed by atoms with E-state index in [4.69, 9.17) is 20.6 Å². The van der Waals surface area contributed by atoms with Gasteiger partial charge in [0.1, 0.15) is 11.9 Å². The second-order valence-corrected chi connectivity index (χ2v) is 7.21. The molecule has 0 amide bonds. The number of carbonyl (C=O) groups excluding carboxylic acids is 1. The molecule has 0 spiro atoms. The molecule has 156 valence electrons. The van der Waals surface area contributed by atoms with Crippen LogP contribution < -0.4 is 21.1 Å². The molecule has 0 bridgehead atoms. The van der Waals surface area contributed by atoms with Crippen LogP contribution in [0.25, 0.3) is 10.9 Å². The zero-order chi connectivity index (χ0) is 21.7. The van der Waals surface area contributed by atoms with E-state index in [-0.39, 0.29) is 5.84 Å². The predicted molar refractivity (Wildman–Crippen MR) is 118 cm³/mol. The number of nitrogen functional groups attached to an aromatic ring is 1. The van der Waals surface area contributed by atoms with Crippen molar-refractivity contribution in [2.75, 3.05) is 17.7 Å². The summed E-state index contributed by atoms with van der Waals surface area (Å²) < 4.78 is 12.0. The lowest BCUT2D eigenvalue weighted by molar-refractivity contribution is 0.0977. The van der Waals surface area contributed by atoms with Crippen molar-refractivity contribution in [3.63, 3.8) is 0 Å². The largest absolute Gasteiger partial charge is 0.497 e. The first kappa shape index (κ1) is 18.9. The molecule has 5 rings (SSSR count). The number of hydrogen-bond acceptors (Lipinski definition) is 8. The molecule has 1 aliphatic heterocycles. The number of anilines is 2. The Morgan fingerprint density at radius 2 is 1.94 bits per heavy atom. The van der Waals surface area contributed by atoms with Crippen molar-refractivity contribution in [2.45, 2.75) is 13.1 Å². The molecule has 4 N–H and O–H groups in total. The van der Waals surface area contributed by atoms with Crippen molar-refractivity contribution in [3.05, 3.63) is 66.1 Å². The van der Waals surface area contributed by atoms with E-state index in [2.05, 4.69) is 10.1 Å². The van der Waals surface area contributed by atoms with Gasteiger partial charge in [-0.2, -0.15) is 14.8 Å². The van der Waals surface area contributed by atoms with Gasteiger partial charge in [0, 0.05) is 16.8 Å². The van der Waals surface area contributed by atoms with Gasteiger partial charge in [-0.3, -0.25) is 4.79 Å². The molecule has 31 heavy (non-hydrogen) atoms. The summed E-state index contributed by atoms with van der Waals surface area (Å²) in [5.41, 5.74) is 15.7. The van der Waals surface area contributed by atoms with Gasteiger partial charge in [0.25, 0.3) is 0 Å². The maximum absolute atomic E-state index is 13.7. The van der Waals surface area contributed by atoms with Gasteiger partial charge < -0.3 is 25.5 Å². The van der Waals surface area contributed by atoms with Gasteiger partial charge in [-0.15, -0.1) is 0 Å². The number of methoxy groups -OCH3 is 1. The second kappa shape index (κ2) is 6.99. The molecule has 9 heteroatoms. The van der Waals surface area contributed by atoms with Gasteiger partial charge in [0.05, 0.1) is 30.1 Å². The Bertz CT molecular complexity index is 1340. The summed E-state index contributed by atoms with van der Waals surface area (Å²) in [6, 6.07) is 14.3. The quantitative estimate of drug-likeness (QED) is 0.491. The highest BCUT2D eigenvalue weighted by Crippen LogP contribution is 2.37. The molecule has 2 aromatic carbocycles. The molecule has 0 aliphatic carbocycles. The predicted octanol–water partition coefficient (Wildman–Crippen LogP) is 3.38. The van der Waals surface area contributed by atoms with E-state index >= 15 is 0 Å². The standard InChI is InChI=1S/C22H20N6O3/c1-12-17-11-13(23)3-8-18(17)28(26-12)22(29)20-25-21-16(9-10-31-21)19(24)27(20)14-4-6-15(30-2)7-5-14/h3-11,19H,23-24H2,1-2H3. The highest BCUT2D eigenvalue weighted by molar-refractivity contribution is 6.45. The minimum Gasteiger partial charge on any atom is -0.497 e. The maximum Gasteiger partial charge on any atom is 0.314 e. The van der Waals surface area contributed by atoms with Crippen molar-refractivity contribution in [3.8, 4) is 5.75 Å². The number of nitrogens with two attached hydrogens (primary N) is 2. The van der Waals surface area contributed by atoms with Crippen LogP contribution in [0.5, 0.6) is 5.75 Å². The number of nitrogens with zero attached hydrogens (tertiary/aromatic N) is 4. The first-order chi connectivity index (χ1) is 15.0. The Hall–Kier alpha value is -4.11. The van der Waals surface area contributed by atoms with Crippen molar-refractivity contribution in [1.29, 1.82) is 0 Å². The van der Waals surface area contributed by atoms with E-state index < -0.39 is 12.1 Å². The van der Waals surface area contributed by atoms with Crippen LogP contribution in [-0.2, 0) is 0 Å². The molecule has 1 unspecified atom stereocenters. The lowest BCUT2D eigenvalue weighted by atomic mass is 10.1. The van der Waals surface area contributed by atoms with Crippen LogP contribution in [0.15, 0.2) is 64.2 Å². The number of ether oxygens (including phenoxy) is 1. The summed E-state index contributed by atoms with van der Waals surface area (Å²) in [5.74, 6) is 0.657. The third kappa shape index (κ3) is 2.94. The van der Waals surface area contributed by atoms with Gasteiger partial charge in [0.15, 0.2) is 0 Å². The van der Waals surface area contributed by atoms with Crippen LogP contribution in [0.4, 0.5) is 17.3 Å². The normalized spacial score (nSPS) is 15.6. The Morgan fingerprint density at radius 1 is 1.16 bits per heavy atom. The third-order valence-corrected chi connectivity index (χ3v) is 5.33. The topological polar surface area (TPSA) is 125 Å². The highest BCUT2D eigenvalue weighted by atomic mass is 16.5. The minimum absolute atomic E-state index is 0.0985. The van der Waals surface area contributed by atoms with Gasteiger partial charge >= 0.3 is 5.91 Å². The molecular formula is C22H20N6O3. The van der Waals surface area contributed by atoms with Gasteiger partial charge in [0.2, 0.25) is 11.7 Å². The van der Waals surface area contributed by atoms with E-state index in [9.17, 15) is 4.79 Å². The number of fused-ring (bicyclic) bond motifs is 2. The third-order valence-electron chi connectivity index (χ3n) is 5.33. The number of furan rings is 1. The summed E-state index contributed by atoms with van der Waals surface area (Å²) in [7, 11) is 1.59. The van der Waals surface area contributed by atoms with Crippen molar-refractivity contribution in [1.82, 2.24) is 9.78 Å². The van der Waals surface area contributed by atoms with Gasteiger partial charge in [-0.25, -0.2) is 0 Å². The molecule has 0 fully saturated rings. The van der Waals surface area contributed by atoms with Crippen LogP contribution in [0, 0.1) is 6.92 Å². The molecular weight excluding hydrogens is 396 g/mol. The van der Waals surface area contributed by atoms with E-state index in [0.29, 0.717) is 39.8 Å².